The number of benzene rings is 2. The SMILES string of the molecule is Cn1c(=O)n(-c2ccc(C(C)(C)C)cc2)c2c3cc(Br)ccc3ncc21. The Morgan fingerprint density at radius 3 is 2.38 bits per heavy atom. The summed E-state index contributed by atoms with van der Waals surface area (Å²) in [6.07, 6.45) is 1.77. The summed E-state index contributed by atoms with van der Waals surface area (Å²) in [5, 5.41) is 0.953. The maximum absolute atomic E-state index is 13.0. The van der Waals surface area contributed by atoms with Crippen LogP contribution in [-0.4, -0.2) is 14.1 Å². The molecule has 4 nitrogen and oxygen atoms in total. The molecule has 2 aromatic heterocycles. The number of aromatic nitrogens is 3. The highest BCUT2D eigenvalue weighted by Gasteiger charge is 2.18. The molecule has 132 valence electrons. The minimum absolute atomic E-state index is 0.0715. The van der Waals surface area contributed by atoms with Gasteiger partial charge in [-0.25, -0.2) is 4.79 Å². The van der Waals surface area contributed by atoms with Gasteiger partial charge in [-0.05, 0) is 41.3 Å². The lowest BCUT2D eigenvalue weighted by molar-refractivity contribution is 0.590. The van der Waals surface area contributed by atoms with E-state index in [1.54, 1.807) is 22.4 Å². The second kappa shape index (κ2) is 5.81. The van der Waals surface area contributed by atoms with E-state index in [0.717, 1.165) is 32.1 Å². The third kappa shape index (κ3) is 2.58. The predicted octanol–water partition coefficient (Wildman–Crippen LogP) is 4.94. The second-order valence-electron chi connectivity index (χ2n) is 7.63. The summed E-state index contributed by atoms with van der Waals surface area (Å²) in [5.74, 6) is 0. The molecule has 0 amide bonds. The molecular formula is C21H20BrN3O. The number of fused-ring (bicyclic) bond motifs is 3. The third-order valence-electron chi connectivity index (χ3n) is 4.84. The second-order valence-corrected chi connectivity index (χ2v) is 8.54. The summed E-state index contributed by atoms with van der Waals surface area (Å²) in [6, 6.07) is 14.2. The fraction of sp³-hybridized carbons (Fsp3) is 0.238. The van der Waals surface area contributed by atoms with Gasteiger partial charge in [0.1, 0.15) is 0 Å². The first-order valence-corrected chi connectivity index (χ1v) is 9.33. The van der Waals surface area contributed by atoms with Crippen LogP contribution >= 0.6 is 15.9 Å². The minimum Gasteiger partial charge on any atom is -0.293 e. The van der Waals surface area contributed by atoms with Crippen molar-refractivity contribution in [2.75, 3.05) is 0 Å². The van der Waals surface area contributed by atoms with E-state index in [1.807, 2.05) is 30.3 Å². The summed E-state index contributed by atoms with van der Waals surface area (Å²) in [5.41, 5.74) is 4.67. The zero-order valence-corrected chi connectivity index (χ0v) is 16.8. The molecule has 0 aliphatic carbocycles. The Bertz CT molecular complexity index is 1190. The Labute approximate surface area is 160 Å². The number of hydrogen-bond acceptors (Lipinski definition) is 2. The molecule has 0 atom stereocenters. The standard InChI is InChI=1S/C21H20BrN3O/c1-21(2,3)13-5-8-15(9-6-13)25-19-16-11-14(22)7-10-17(16)23-12-18(19)24(4)20(25)26/h5-12H,1-4H3. The average molecular weight is 410 g/mol. The van der Waals surface area contributed by atoms with Crippen molar-refractivity contribution in [3.63, 3.8) is 0 Å². The minimum atomic E-state index is -0.0715. The van der Waals surface area contributed by atoms with Gasteiger partial charge in [0.15, 0.2) is 0 Å². The number of hydrogen-bond donors (Lipinski definition) is 0. The van der Waals surface area contributed by atoms with Crippen LogP contribution in [0.15, 0.2) is 57.9 Å². The number of aryl methyl sites for hydroxylation is 1. The van der Waals surface area contributed by atoms with Gasteiger partial charge in [0.2, 0.25) is 0 Å². The number of imidazole rings is 1. The highest BCUT2D eigenvalue weighted by molar-refractivity contribution is 9.10. The monoisotopic (exact) mass is 409 g/mol. The Hall–Kier alpha value is -2.40. The highest BCUT2D eigenvalue weighted by atomic mass is 79.9. The molecular weight excluding hydrogens is 390 g/mol. The van der Waals surface area contributed by atoms with Crippen LogP contribution in [0, 0.1) is 0 Å². The molecule has 26 heavy (non-hydrogen) atoms. The van der Waals surface area contributed by atoms with E-state index < -0.39 is 0 Å². The first-order valence-electron chi connectivity index (χ1n) is 8.54. The van der Waals surface area contributed by atoms with Crippen LogP contribution in [0.2, 0.25) is 0 Å². The number of rotatable bonds is 1. The zero-order valence-electron chi connectivity index (χ0n) is 15.2. The van der Waals surface area contributed by atoms with Gasteiger partial charge in [0.05, 0.1) is 28.4 Å². The van der Waals surface area contributed by atoms with Crippen LogP contribution in [0.25, 0.3) is 27.6 Å². The summed E-state index contributed by atoms with van der Waals surface area (Å²) in [7, 11) is 1.79. The van der Waals surface area contributed by atoms with Gasteiger partial charge < -0.3 is 0 Å². The van der Waals surface area contributed by atoms with Crippen molar-refractivity contribution in [1.82, 2.24) is 14.1 Å². The molecule has 0 saturated heterocycles. The maximum atomic E-state index is 13.0. The zero-order chi connectivity index (χ0) is 18.6. The van der Waals surface area contributed by atoms with E-state index in [2.05, 4.69) is 53.8 Å². The smallest absolute Gasteiger partial charge is 0.293 e. The van der Waals surface area contributed by atoms with Crippen molar-refractivity contribution < 1.29 is 0 Å². The number of halogens is 1. The van der Waals surface area contributed by atoms with Gasteiger partial charge in [-0.3, -0.25) is 14.1 Å². The van der Waals surface area contributed by atoms with E-state index in [4.69, 9.17) is 0 Å². The quantitative estimate of drug-likeness (QED) is 0.446. The number of nitrogens with zero attached hydrogens (tertiary/aromatic N) is 3. The summed E-state index contributed by atoms with van der Waals surface area (Å²) in [4.78, 5) is 17.5. The van der Waals surface area contributed by atoms with E-state index >= 15 is 0 Å². The summed E-state index contributed by atoms with van der Waals surface area (Å²) < 4.78 is 4.39. The number of pyridine rings is 1. The van der Waals surface area contributed by atoms with Gasteiger partial charge in [0, 0.05) is 16.9 Å². The molecule has 0 radical (unpaired) electrons. The highest BCUT2D eigenvalue weighted by Crippen LogP contribution is 2.28. The van der Waals surface area contributed by atoms with Gasteiger partial charge in [-0.2, -0.15) is 0 Å². The molecule has 4 aromatic rings. The van der Waals surface area contributed by atoms with E-state index in [-0.39, 0.29) is 11.1 Å². The molecule has 0 saturated carbocycles. The van der Waals surface area contributed by atoms with Crippen LogP contribution in [0.3, 0.4) is 0 Å². The maximum Gasteiger partial charge on any atom is 0.333 e. The fourth-order valence-electron chi connectivity index (χ4n) is 3.32. The largest absolute Gasteiger partial charge is 0.333 e. The molecule has 4 rings (SSSR count). The molecule has 0 unspecified atom stereocenters. The van der Waals surface area contributed by atoms with Crippen LogP contribution in [0.1, 0.15) is 26.3 Å². The Morgan fingerprint density at radius 1 is 1.04 bits per heavy atom. The van der Waals surface area contributed by atoms with Crippen molar-refractivity contribution in [1.29, 1.82) is 0 Å². The van der Waals surface area contributed by atoms with Crippen molar-refractivity contribution in [3.8, 4) is 5.69 Å². The molecule has 0 spiro atoms. The lowest BCUT2D eigenvalue weighted by Gasteiger charge is -2.19. The molecule has 2 aromatic carbocycles. The lowest BCUT2D eigenvalue weighted by Crippen LogP contribution is -2.21. The van der Waals surface area contributed by atoms with Crippen molar-refractivity contribution in [3.05, 3.63) is 69.2 Å². The first kappa shape index (κ1) is 17.0. The lowest BCUT2D eigenvalue weighted by atomic mass is 9.87. The molecule has 0 aliphatic rings. The molecule has 5 heteroatoms. The predicted molar refractivity (Wildman–Crippen MR) is 110 cm³/mol. The summed E-state index contributed by atoms with van der Waals surface area (Å²) >= 11 is 3.53. The van der Waals surface area contributed by atoms with Gasteiger partial charge >= 0.3 is 5.69 Å². The Kier molecular flexibility index (Phi) is 3.81. The molecule has 0 N–H and O–H groups in total. The fourth-order valence-corrected chi connectivity index (χ4v) is 3.68. The van der Waals surface area contributed by atoms with E-state index in [0.29, 0.717) is 0 Å². The van der Waals surface area contributed by atoms with Crippen molar-refractivity contribution in [2.24, 2.45) is 7.05 Å². The molecule has 0 bridgehead atoms. The topological polar surface area (TPSA) is 39.8 Å². The first-order chi connectivity index (χ1) is 12.3. The molecule has 2 heterocycles. The van der Waals surface area contributed by atoms with Gasteiger partial charge in [0.25, 0.3) is 0 Å². The summed E-state index contributed by atoms with van der Waals surface area (Å²) in [6.45, 7) is 6.55. The molecule has 0 fully saturated rings. The van der Waals surface area contributed by atoms with E-state index in [1.165, 1.54) is 5.56 Å². The Balaban J connectivity index is 2.08. The van der Waals surface area contributed by atoms with Gasteiger partial charge in [-0.15, -0.1) is 0 Å². The van der Waals surface area contributed by atoms with Gasteiger partial charge in [-0.1, -0.05) is 48.8 Å². The van der Waals surface area contributed by atoms with E-state index in [9.17, 15) is 4.79 Å². The average Bonchev–Trinajstić information content (AvgIpc) is 2.86. The normalized spacial score (nSPS) is 12.2. The van der Waals surface area contributed by atoms with Crippen LogP contribution in [0.4, 0.5) is 0 Å². The third-order valence-corrected chi connectivity index (χ3v) is 5.33. The van der Waals surface area contributed by atoms with Crippen LogP contribution in [0.5, 0.6) is 0 Å². The van der Waals surface area contributed by atoms with Crippen molar-refractivity contribution >= 4 is 37.9 Å². The van der Waals surface area contributed by atoms with Crippen molar-refractivity contribution in [2.45, 2.75) is 26.2 Å². The molecule has 0 aliphatic heterocycles. The van der Waals surface area contributed by atoms with Crippen LogP contribution in [-0.2, 0) is 12.5 Å². The van der Waals surface area contributed by atoms with Crippen LogP contribution < -0.4 is 5.69 Å². The Morgan fingerprint density at radius 2 is 1.73 bits per heavy atom.